The highest BCUT2D eigenvalue weighted by atomic mass is 19.1. The van der Waals surface area contributed by atoms with Gasteiger partial charge in [0, 0.05) is 12.6 Å². The van der Waals surface area contributed by atoms with Crippen molar-refractivity contribution in [2.24, 2.45) is 0 Å². The number of rotatable bonds is 3. The Labute approximate surface area is 100.0 Å². The van der Waals surface area contributed by atoms with Crippen LogP contribution >= 0.6 is 0 Å². The van der Waals surface area contributed by atoms with Crippen molar-refractivity contribution in [1.29, 1.82) is 0 Å². The van der Waals surface area contributed by atoms with Crippen molar-refractivity contribution in [3.63, 3.8) is 0 Å². The fraction of sp³-hybridized carbons (Fsp3) is 0.462. The molecule has 2 atom stereocenters. The summed E-state index contributed by atoms with van der Waals surface area (Å²) in [4.78, 5) is 12.1. The molecule has 2 rings (SSSR count). The fourth-order valence-corrected chi connectivity index (χ4v) is 2.26. The van der Waals surface area contributed by atoms with E-state index in [-0.39, 0.29) is 17.8 Å². The normalized spacial score (nSPS) is 27.4. The first-order valence-corrected chi connectivity index (χ1v) is 5.78. The summed E-state index contributed by atoms with van der Waals surface area (Å²) in [5.41, 5.74) is -0.0554. The summed E-state index contributed by atoms with van der Waals surface area (Å²) in [5.74, 6) is -0.609. The Morgan fingerprint density at radius 2 is 2.41 bits per heavy atom. The Kier molecular flexibility index (Phi) is 3.15. The molecular formula is C13H16FNO2. The molecule has 1 aliphatic rings. The number of nitrogens with one attached hydrogen (secondary N) is 1. The lowest BCUT2D eigenvalue weighted by molar-refractivity contribution is -0.154. The van der Waals surface area contributed by atoms with E-state index in [1.54, 1.807) is 19.1 Å². The smallest absolute Gasteiger partial charge is 0.319 e. The highest BCUT2D eigenvalue weighted by molar-refractivity contribution is 5.86. The predicted octanol–water partition coefficient (Wildman–Crippen LogP) is 1.62. The molecular weight excluding hydrogens is 221 g/mol. The minimum Gasteiger partial charge on any atom is -0.465 e. The fourth-order valence-electron chi connectivity index (χ4n) is 2.26. The maximum atomic E-state index is 13.3. The molecule has 1 heterocycles. The zero-order valence-corrected chi connectivity index (χ0v) is 10.00. The van der Waals surface area contributed by atoms with Crippen LogP contribution in [-0.4, -0.2) is 25.2 Å². The second-order valence-electron chi connectivity index (χ2n) is 4.30. The van der Waals surface area contributed by atoms with E-state index in [0.29, 0.717) is 18.7 Å². The molecule has 2 unspecified atom stereocenters. The van der Waals surface area contributed by atoms with Gasteiger partial charge < -0.3 is 10.1 Å². The average Bonchev–Trinajstić information content (AvgIpc) is 2.28. The molecule has 0 radical (unpaired) electrons. The first-order chi connectivity index (χ1) is 8.11. The Bertz CT molecular complexity index is 435. The highest BCUT2D eigenvalue weighted by Gasteiger charge is 2.53. The van der Waals surface area contributed by atoms with Crippen molar-refractivity contribution in [2.75, 3.05) is 13.2 Å². The van der Waals surface area contributed by atoms with E-state index >= 15 is 0 Å². The maximum absolute atomic E-state index is 13.3. The average molecular weight is 237 g/mol. The third kappa shape index (κ3) is 1.82. The van der Waals surface area contributed by atoms with E-state index in [9.17, 15) is 9.18 Å². The third-order valence-corrected chi connectivity index (χ3v) is 3.41. The zero-order chi connectivity index (χ0) is 12.5. The molecule has 1 N–H and O–H groups in total. The van der Waals surface area contributed by atoms with Gasteiger partial charge >= 0.3 is 5.97 Å². The van der Waals surface area contributed by atoms with E-state index in [0.717, 1.165) is 0 Å². The number of carbonyl (C=O) groups is 1. The molecule has 17 heavy (non-hydrogen) atoms. The number of esters is 1. The van der Waals surface area contributed by atoms with Crippen LogP contribution in [0.15, 0.2) is 24.3 Å². The number of hydrogen-bond acceptors (Lipinski definition) is 3. The lowest BCUT2D eigenvalue weighted by Crippen LogP contribution is -2.68. The van der Waals surface area contributed by atoms with Gasteiger partial charge in [0.2, 0.25) is 0 Å². The van der Waals surface area contributed by atoms with Gasteiger partial charge in [-0.3, -0.25) is 4.79 Å². The van der Waals surface area contributed by atoms with Crippen molar-refractivity contribution >= 4 is 5.97 Å². The second kappa shape index (κ2) is 4.45. The maximum Gasteiger partial charge on any atom is 0.319 e. The lowest BCUT2D eigenvalue weighted by atomic mass is 9.69. The van der Waals surface area contributed by atoms with Gasteiger partial charge in [-0.15, -0.1) is 0 Å². The standard InChI is InChI=1S/C13H16FNO2/c1-3-17-12(16)13(8-15-9(13)2)10-5-4-6-11(14)7-10/h4-7,9,15H,3,8H2,1-2H3. The van der Waals surface area contributed by atoms with Crippen LogP contribution in [-0.2, 0) is 14.9 Å². The Balaban J connectivity index is 2.38. The van der Waals surface area contributed by atoms with Gasteiger partial charge in [0.15, 0.2) is 0 Å². The predicted molar refractivity (Wildman–Crippen MR) is 62.2 cm³/mol. The Morgan fingerprint density at radius 1 is 1.65 bits per heavy atom. The van der Waals surface area contributed by atoms with Gasteiger partial charge in [-0.1, -0.05) is 12.1 Å². The molecule has 92 valence electrons. The minimum atomic E-state index is -0.738. The Hall–Kier alpha value is -1.42. The van der Waals surface area contributed by atoms with Crippen LogP contribution in [0.5, 0.6) is 0 Å². The molecule has 0 amide bonds. The van der Waals surface area contributed by atoms with Crippen LogP contribution in [0, 0.1) is 5.82 Å². The molecule has 1 aliphatic heterocycles. The van der Waals surface area contributed by atoms with Crippen molar-refractivity contribution in [1.82, 2.24) is 5.32 Å². The van der Waals surface area contributed by atoms with Gasteiger partial charge in [-0.05, 0) is 31.5 Å². The number of ether oxygens (including phenoxy) is 1. The first-order valence-electron chi connectivity index (χ1n) is 5.78. The molecule has 1 aromatic rings. The van der Waals surface area contributed by atoms with Gasteiger partial charge in [-0.25, -0.2) is 4.39 Å². The largest absolute Gasteiger partial charge is 0.465 e. The molecule has 1 fully saturated rings. The zero-order valence-electron chi connectivity index (χ0n) is 10.00. The molecule has 0 spiro atoms. The van der Waals surface area contributed by atoms with E-state index in [2.05, 4.69) is 5.32 Å². The molecule has 3 nitrogen and oxygen atoms in total. The summed E-state index contributed by atoms with van der Waals surface area (Å²) in [7, 11) is 0. The molecule has 0 saturated carbocycles. The van der Waals surface area contributed by atoms with Crippen LogP contribution in [0.1, 0.15) is 19.4 Å². The molecule has 0 aliphatic carbocycles. The summed E-state index contributed by atoms with van der Waals surface area (Å²) in [5, 5.41) is 3.13. The summed E-state index contributed by atoms with van der Waals surface area (Å²) in [6.45, 7) is 4.51. The number of carbonyl (C=O) groups excluding carboxylic acids is 1. The van der Waals surface area contributed by atoms with E-state index < -0.39 is 5.41 Å². The van der Waals surface area contributed by atoms with E-state index in [1.165, 1.54) is 12.1 Å². The molecule has 0 bridgehead atoms. The molecule has 4 heteroatoms. The van der Waals surface area contributed by atoms with Crippen LogP contribution in [0.4, 0.5) is 4.39 Å². The van der Waals surface area contributed by atoms with Crippen molar-refractivity contribution in [3.8, 4) is 0 Å². The van der Waals surface area contributed by atoms with Crippen molar-refractivity contribution in [3.05, 3.63) is 35.6 Å². The van der Waals surface area contributed by atoms with Gasteiger partial charge in [0.05, 0.1) is 6.61 Å². The van der Waals surface area contributed by atoms with Crippen molar-refractivity contribution < 1.29 is 13.9 Å². The van der Waals surface area contributed by atoms with Crippen molar-refractivity contribution in [2.45, 2.75) is 25.3 Å². The third-order valence-electron chi connectivity index (χ3n) is 3.41. The van der Waals surface area contributed by atoms with Crippen LogP contribution in [0.3, 0.4) is 0 Å². The van der Waals surface area contributed by atoms with Gasteiger partial charge in [0.25, 0.3) is 0 Å². The monoisotopic (exact) mass is 237 g/mol. The SMILES string of the molecule is CCOC(=O)C1(c2cccc(F)c2)CNC1C. The Morgan fingerprint density at radius 3 is 2.88 bits per heavy atom. The van der Waals surface area contributed by atoms with Crippen LogP contribution in [0.2, 0.25) is 0 Å². The number of benzene rings is 1. The lowest BCUT2D eigenvalue weighted by Gasteiger charge is -2.46. The second-order valence-corrected chi connectivity index (χ2v) is 4.30. The molecule has 0 aromatic heterocycles. The minimum absolute atomic E-state index is 0.0386. The summed E-state index contributed by atoms with van der Waals surface area (Å²) < 4.78 is 18.4. The van der Waals surface area contributed by atoms with Gasteiger partial charge in [0.1, 0.15) is 11.2 Å². The van der Waals surface area contributed by atoms with E-state index in [1.807, 2.05) is 6.92 Å². The highest BCUT2D eigenvalue weighted by Crippen LogP contribution is 2.35. The first kappa shape index (κ1) is 12.0. The van der Waals surface area contributed by atoms with Crippen LogP contribution < -0.4 is 5.32 Å². The van der Waals surface area contributed by atoms with E-state index in [4.69, 9.17) is 4.74 Å². The van der Waals surface area contributed by atoms with Crippen LogP contribution in [0.25, 0.3) is 0 Å². The number of hydrogen-bond donors (Lipinski definition) is 1. The topological polar surface area (TPSA) is 38.3 Å². The summed E-state index contributed by atoms with van der Waals surface area (Å²) in [6, 6.07) is 6.14. The number of halogens is 1. The molecule has 1 aromatic carbocycles. The summed E-state index contributed by atoms with van der Waals surface area (Å²) >= 11 is 0. The van der Waals surface area contributed by atoms with Gasteiger partial charge in [-0.2, -0.15) is 0 Å². The molecule has 1 saturated heterocycles. The quantitative estimate of drug-likeness (QED) is 0.812. The summed E-state index contributed by atoms with van der Waals surface area (Å²) in [6.07, 6.45) is 0.